The van der Waals surface area contributed by atoms with Crippen LogP contribution in [0.1, 0.15) is 27.6 Å². The van der Waals surface area contributed by atoms with Crippen LogP contribution < -0.4 is 5.32 Å². The molecule has 10 heteroatoms. The predicted molar refractivity (Wildman–Crippen MR) is 124 cm³/mol. The first-order valence-electron chi connectivity index (χ1n) is 10.7. The van der Waals surface area contributed by atoms with Gasteiger partial charge in [0.2, 0.25) is 0 Å². The molecule has 0 atom stereocenters. The molecule has 0 bridgehead atoms. The van der Waals surface area contributed by atoms with Crippen molar-refractivity contribution in [3.63, 3.8) is 0 Å². The monoisotopic (exact) mass is 481 g/mol. The molecule has 6 nitrogen and oxygen atoms in total. The molecule has 0 fully saturated rings. The predicted octanol–water partition coefficient (Wildman–Crippen LogP) is 5.69. The number of fused-ring (bicyclic) bond motifs is 2. The zero-order valence-electron chi connectivity index (χ0n) is 18.7. The van der Waals surface area contributed by atoms with Gasteiger partial charge in [-0.25, -0.2) is 14.4 Å². The van der Waals surface area contributed by atoms with Gasteiger partial charge >= 0.3 is 6.18 Å². The third-order valence-corrected chi connectivity index (χ3v) is 5.87. The number of halogens is 4. The van der Waals surface area contributed by atoms with Crippen LogP contribution in [0.5, 0.6) is 0 Å². The molecule has 0 saturated heterocycles. The lowest BCUT2D eigenvalue weighted by Crippen LogP contribution is -2.17. The van der Waals surface area contributed by atoms with E-state index in [2.05, 4.69) is 15.3 Å². The maximum atomic E-state index is 13.8. The highest BCUT2D eigenvalue weighted by Crippen LogP contribution is 2.30. The summed E-state index contributed by atoms with van der Waals surface area (Å²) in [4.78, 5) is 21.4. The third-order valence-electron chi connectivity index (χ3n) is 5.87. The standard InChI is InChI=1S/C25H19F4N5O/c1-14-30-18-11-17(6-7-20(18)33(14)2)31-24(35)22-12-19-21(8-9-23(32-19)25(27,28)29)34(22)13-15-4-3-5-16(26)10-15/h3-12H,13H2,1-2H3,(H,31,35). The van der Waals surface area contributed by atoms with Crippen LogP contribution in [0.15, 0.2) is 60.7 Å². The number of alkyl halides is 3. The van der Waals surface area contributed by atoms with Gasteiger partial charge in [-0.05, 0) is 61.0 Å². The van der Waals surface area contributed by atoms with Gasteiger partial charge in [-0.15, -0.1) is 0 Å². The smallest absolute Gasteiger partial charge is 0.331 e. The van der Waals surface area contributed by atoms with E-state index in [9.17, 15) is 22.4 Å². The molecule has 35 heavy (non-hydrogen) atoms. The van der Waals surface area contributed by atoms with Gasteiger partial charge in [0.1, 0.15) is 23.0 Å². The summed E-state index contributed by atoms with van der Waals surface area (Å²) in [6.07, 6.45) is -4.63. The van der Waals surface area contributed by atoms with Crippen LogP contribution in [0, 0.1) is 12.7 Å². The summed E-state index contributed by atoms with van der Waals surface area (Å²) in [6, 6.07) is 14.5. The molecule has 0 unspecified atom stereocenters. The number of benzene rings is 2. The third kappa shape index (κ3) is 4.23. The van der Waals surface area contributed by atoms with Crippen molar-refractivity contribution in [1.29, 1.82) is 0 Å². The zero-order valence-corrected chi connectivity index (χ0v) is 18.7. The molecule has 5 aromatic rings. The molecular formula is C25H19F4N5O. The minimum Gasteiger partial charge on any atom is -0.331 e. The highest BCUT2D eigenvalue weighted by atomic mass is 19.4. The van der Waals surface area contributed by atoms with Crippen LogP contribution in [-0.2, 0) is 19.8 Å². The normalized spacial score (nSPS) is 11.9. The molecule has 3 heterocycles. The lowest BCUT2D eigenvalue weighted by Gasteiger charge is -2.12. The van der Waals surface area contributed by atoms with Gasteiger partial charge in [0.25, 0.3) is 5.91 Å². The van der Waals surface area contributed by atoms with Crippen molar-refractivity contribution < 1.29 is 22.4 Å². The Kier molecular flexibility index (Phi) is 5.31. The number of nitrogens with one attached hydrogen (secondary N) is 1. The first kappa shape index (κ1) is 22.6. The topological polar surface area (TPSA) is 64.7 Å². The minimum absolute atomic E-state index is 0.0113. The second-order valence-electron chi connectivity index (χ2n) is 8.22. The van der Waals surface area contributed by atoms with Gasteiger partial charge in [-0.1, -0.05) is 12.1 Å². The summed E-state index contributed by atoms with van der Waals surface area (Å²) in [7, 11) is 1.88. The van der Waals surface area contributed by atoms with Crippen molar-refractivity contribution in [1.82, 2.24) is 19.1 Å². The van der Waals surface area contributed by atoms with Crippen LogP contribution >= 0.6 is 0 Å². The fourth-order valence-electron chi connectivity index (χ4n) is 4.07. The lowest BCUT2D eigenvalue weighted by atomic mass is 10.2. The van der Waals surface area contributed by atoms with E-state index in [4.69, 9.17) is 0 Å². The molecular weight excluding hydrogens is 462 g/mol. The highest BCUT2D eigenvalue weighted by Gasteiger charge is 2.33. The van der Waals surface area contributed by atoms with E-state index in [1.54, 1.807) is 18.2 Å². The fourth-order valence-corrected chi connectivity index (χ4v) is 4.07. The zero-order chi connectivity index (χ0) is 24.9. The van der Waals surface area contributed by atoms with Crippen LogP contribution in [0.4, 0.5) is 23.2 Å². The average molecular weight is 481 g/mol. The molecule has 0 aliphatic heterocycles. The number of carbonyl (C=O) groups is 1. The molecule has 0 saturated carbocycles. The molecule has 5 rings (SSSR count). The number of nitrogens with zero attached hydrogens (tertiary/aromatic N) is 4. The van der Waals surface area contributed by atoms with E-state index in [-0.39, 0.29) is 17.8 Å². The molecule has 1 N–H and O–H groups in total. The molecule has 0 aliphatic carbocycles. The summed E-state index contributed by atoms with van der Waals surface area (Å²) in [5.74, 6) is -0.188. The maximum absolute atomic E-state index is 13.8. The van der Waals surface area contributed by atoms with Gasteiger partial charge in [0.05, 0.1) is 22.1 Å². The van der Waals surface area contributed by atoms with Crippen molar-refractivity contribution in [2.45, 2.75) is 19.6 Å². The van der Waals surface area contributed by atoms with E-state index >= 15 is 0 Å². The van der Waals surface area contributed by atoms with Gasteiger partial charge in [-0.2, -0.15) is 13.2 Å². The van der Waals surface area contributed by atoms with Gasteiger partial charge < -0.3 is 14.5 Å². The molecule has 3 aromatic heterocycles. The summed E-state index contributed by atoms with van der Waals surface area (Å²) < 4.78 is 56.9. The number of imidazole rings is 1. The van der Waals surface area contributed by atoms with Crippen LogP contribution in [0.2, 0.25) is 0 Å². The van der Waals surface area contributed by atoms with Crippen molar-refractivity contribution in [2.24, 2.45) is 7.05 Å². The molecule has 0 spiro atoms. The van der Waals surface area contributed by atoms with Gasteiger partial charge in [-0.3, -0.25) is 4.79 Å². The lowest BCUT2D eigenvalue weighted by molar-refractivity contribution is -0.140. The molecule has 0 aliphatic rings. The first-order chi connectivity index (χ1) is 16.6. The van der Waals surface area contributed by atoms with E-state index in [1.807, 2.05) is 24.6 Å². The Morgan fingerprint density at radius 1 is 0.971 bits per heavy atom. The molecule has 0 radical (unpaired) electrons. The largest absolute Gasteiger partial charge is 0.433 e. The molecule has 1 amide bonds. The molecule has 178 valence electrons. The Morgan fingerprint density at radius 3 is 2.46 bits per heavy atom. The minimum atomic E-state index is -4.63. The number of anilines is 1. The number of hydrogen-bond acceptors (Lipinski definition) is 3. The summed E-state index contributed by atoms with van der Waals surface area (Å²) >= 11 is 0. The number of aryl methyl sites for hydroxylation is 2. The average Bonchev–Trinajstić information content (AvgIpc) is 3.29. The van der Waals surface area contributed by atoms with E-state index in [0.29, 0.717) is 22.3 Å². The van der Waals surface area contributed by atoms with Crippen molar-refractivity contribution in [3.05, 3.63) is 89.3 Å². The number of aromatic nitrogens is 4. The van der Waals surface area contributed by atoms with Crippen LogP contribution in [-0.4, -0.2) is 25.0 Å². The summed E-state index contributed by atoms with van der Waals surface area (Å²) in [5, 5.41) is 2.79. The van der Waals surface area contributed by atoms with Crippen molar-refractivity contribution in [2.75, 3.05) is 5.32 Å². The van der Waals surface area contributed by atoms with Gasteiger partial charge in [0, 0.05) is 19.3 Å². The number of pyridine rings is 1. The van der Waals surface area contributed by atoms with Crippen LogP contribution in [0.3, 0.4) is 0 Å². The molecule has 2 aromatic carbocycles. The van der Waals surface area contributed by atoms with Crippen molar-refractivity contribution >= 4 is 33.7 Å². The number of hydrogen-bond donors (Lipinski definition) is 1. The number of amides is 1. The van der Waals surface area contributed by atoms with Gasteiger partial charge in [0.15, 0.2) is 0 Å². The Morgan fingerprint density at radius 2 is 1.71 bits per heavy atom. The Labute approximate surface area is 196 Å². The second-order valence-corrected chi connectivity index (χ2v) is 8.22. The van der Waals surface area contributed by atoms with E-state index in [0.717, 1.165) is 17.4 Å². The van der Waals surface area contributed by atoms with E-state index < -0.39 is 23.6 Å². The first-order valence-corrected chi connectivity index (χ1v) is 10.7. The van der Waals surface area contributed by atoms with Crippen LogP contribution in [0.25, 0.3) is 22.1 Å². The number of rotatable bonds is 4. The Bertz CT molecular complexity index is 1600. The Balaban J connectivity index is 1.57. The highest BCUT2D eigenvalue weighted by molar-refractivity contribution is 6.06. The Hall–Kier alpha value is -4.21. The van der Waals surface area contributed by atoms with E-state index in [1.165, 1.54) is 34.9 Å². The maximum Gasteiger partial charge on any atom is 0.433 e. The fraction of sp³-hybridized carbons (Fsp3) is 0.160. The second kappa shape index (κ2) is 8.23. The number of carbonyl (C=O) groups excluding carboxylic acids is 1. The summed E-state index contributed by atoms with van der Waals surface area (Å²) in [6.45, 7) is 1.93. The van der Waals surface area contributed by atoms with Crippen molar-refractivity contribution in [3.8, 4) is 0 Å². The quantitative estimate of drug-likeness (QED) is 0.336. The SMILES string of the molecule is Cc1nc2cc(NC(=O)c3cc4nc(C(F)(F)F)ccc4n3Cc3cccc(F)c3)ccc2n1C. The summed E-state index contributed by atoms with van der Waals surface area (Å²) in [5.41, 5.74) is 1.97.